The molecule has 152 valence electrons. The van der Waals surface area contributed by atoms with Gasteiger partial charge in [0.25, 0.3) is 12.4 Å². The van der Waals surface area contributed by atoms with Crippen LogP contribution in [0, 0.1) is 0 Å². The molecule has 1 aliphatic heterocycles. The van der Waals surface area contributed by atoms with Crippen LogP contribution in [0.1, 0.15) is 0 Å². The van der Waals surface area contributed by atoms with Gasteiger partial charge in [0.2, 0.25) is 3.79 Å². The fraction of sp³-hybridized carbons (Fsp3) is 0.538. The first-order valence-electron chi connectivity index (χ1n) is 6.96. The van der Waals surface area contributed by atoms with Crippen LogP contribution >= 0.6 is 62.3 Å². The van der Waals surface area contributed by atoms with Crippen LogP contribution in [0.4, 0.5) is 4.79 Å². The van der Waals surface area contributed by atoms with Gasteiger partial charge in [-0.1, -0.05) is 62.3 Å². The maximum Gasteiger partial charge on any atom is 0.408 e. The van der Waals surface area contributed by atoms with Gasteiger partial charge in [-0.25, -0.2) is 9.59 Å². The van der Waals surface area contributed by atoms with Gasteiger partial charge in [0.15, 0.2) is 0 Å². The van der Waals surface area contributed by atoms with Crippen molar-refractivity contribution >= 4 is 86.8 Å². The highest BCUT2D eigenvalue weighted by Crippen LogP contribution is 2.31. The molecule has 0 spiro atoms. The molecule has 14 heteroatoms. The van der Waals surface area contributed by atoms with Crippen molar-refractivity contribution in [2.24, 2.45) is 0 Å². The third kappa shape index (κ3) is 6.56. The Morgan fingerprint density at radius 3 is 2.44 bits per heavy atom. The summed E-state index contributed by atoms with van der Waals surface area (Å²) in [4.78, 5) is 47.5. The molecule has 0 radical (unpaired) electrons. The predicted octanol–water partition coefficient (Wildman–Crippen LogP) is 1.85. The van der Waals surface area contributed by atoms with Crippen LogP contribution in [0.2, 0.25) is 0 Å². The standard InChI is InChI=1S/C13H13BrCl4N2O7/c1-25-11(23)8(6(2-14)3-26-5-21)20-9(15)7(10(20)22)19-12(24)27-4-13(16,17)18/h5,7,9H,2-4H2,1H3,(H,19,24)/t7-,9+/m1/s1. The van der Waals surface area contributed by atoms with Crippen LogP contribution in [-0.2, 0) is 28.6 Å². The minimum absolute atomic E-state index is 0.0854. The Morgan fingerprint density at radius 1 is 1.37 bits per heavy atom. The number of ether oxygens (including phenoxy) is 3. The number of carbonyl (C=O) groups excluding carboxylic acids is 4. The van der Waals surface area contributed by atoms with E-state index < -0.39 is 39.9 Å². The molecule has 0 unspecified atom stereocenters. The summed E-state index contributed by atoms with van der Waals surface area (Å²) in [5.41, 5.74) is -1.13. The summed E-state index contributed by atoms with van der Waals surface area (Å²) >= 11 is 25.6. The highest BCUT2D eigenvalue weighted by Gasteiger charge is 2.51. The number of alkyl halides is 5. The summed E-state index contributed by atoms with van der Waals surface area (Å²) in [6.07, 6.45) is -1.04. The van der Waals surface area contributed by atoms with Gasteiger partial charge in [-0.05, 0) is 0 Å². The number of likely N-dealkylation sites (tertiary alicyclic amines) is 1. The molecule has 1 saturated heterocycles. The van der Waals surface area contributed by atoms with Gasteiger partial charge in [-0.15, -0.1) is 0 Å². The first-order valence-corrected chi connectivity index (χ1v) is 9.65. The van der Waals surface area contributed by atoms with E-state index in [1.807, 2.05) is 0 Å². The van der Waals surface area contributed by atoms with Crippen LogP contribution in [0.5, 0.6) is 0 Å². The molecule has 0 aromatic heterocycles. The van der Waals surface area contributed by atoms with E-state index in [1.54, 1.807) is 0 Å². The average Bonchev–Trinajstić information content (AvgIpc) is 2.62. The van der Waals surface area contributed by atoms with Crippen LogP contribution in [0.15, 0.2) is 11.3 Å². The number of amides is 2. The Bertz CT molecular complexity index is 641. The van der Waals surface area contributed by atoms with Gasteiger partial charge in [0.1, 0.15) is 30.5 Å². The van der Waals surface area contributed by atoms with Gasteiger partial charge >= 0.3 is 12.1 Å². The molecule has 9 nitrogen and oxygen atoms in total. The maximum absolute atomic E-state index is 12.4. The normalized spacial score (nSPS) is 20.2. The molecular formula is C13H13BrCl4N2O7. The SMILES string of the molecule is COC(=O)C(=C(CBr)COC=O)N1C(=O)[C@H](NC(=O)OCC(Cl)(Cl)Cl)[C@H]1Cl. The number of hydrogen-bond donors (Lipinski definition) is 1. The second kappa shape index (κ2) is 10.6. The summed E-state index contributed by atoms with van der Waals surface area (Å²) in [6, 6.07) is -1.20. The zero-order valence-corrected chi connectivity index (χ0v) is 18.2. The Labute approximate surface area is 182 Å². The fourth-order valence-electron chi connectivity index (χ4n) is 1.95. The number of esters is 1. The number of β-lactam (4-membered cyclic amide) rings is 1. The number of rotatable bonds is 8. The Hall–Kier alpha value is -0.940. The van der Waals surface area contributed by atoms with E-state index in [1.165, 1.54) is 0 Å². The molecular weight excluding hydrogens is 518 g/mol. The van der Waals surface area contributed by atoms with Crippen LogP contribution < -0.4 is 5.32 Å². The minimum atomic E-state index is -1.82. The largest absolute Gasteiger partial charge is 0.464 e. The van der Waals surface area contributed by atoms with Crippen molar-refractivity contribution in [2.45, 2.75) is 15.3 Å². The summed E-state index contributed by atoms with van der Waals surface area (Å²) < 4.78 is 12.1. The van der Waals surface area contributed by atoms with E-state index in [0.29, 0.717) is 0 Å². The van der Waals surface area contributed by atoms with E-state index in [9.17, 15) is 19.2 Å². The lowest BCUT2D eigenvalue weighted by Crippen LogP contribution is -2.68. The molecule has 27 heavy (non-hydrogen) atoms. The molecule has 1 aliphatic rings. The van der Waals surface area contributed by atoms with E-state index >= 15 is 0 Å². The first-order chi connectivity index (χ1) is 12.6. The van der Waals surface area contributed by atoms with Gasteiger partial charge in [0.05, 0.1) is 7.11 Å². The third-order valence-electron chi connectivity index (χ3n) is 3.11. The molecule has 0 aliphatic carbocycles. The molecule has 1 heterocycles. The van der Waals surface area contributed by atoms with Gasteiger partial charge in [-0.3, -0.25) is 14.5 Å². The number of hydrogen-bond acceptors (Lipinski definition) is 7. The number of nitrogens with zero attached hydrogens (tertiary/aromatic N) is 1. The topological polar surface area (TPSA) is 111 Å². The second-order valence-electron chi connectivity index (χ2n) is 4.88. The van der Waals surface area contributed by atoms with Gasteiger partial charge in [0, 0.05) is 10.9 Å². The highest BCUT2D eigenvalue weighted by atomic mass is 79.9. The average molecular weight is 531 g/mol. The fourth-order valence-corrected chi connectivity index (χ4v) is 2.91. The van der Waals surface area contributed by atoms with Crippen LogP contribution in [0.25, 0.3) is 0 Å². The van der Waals surface area contributed by atoms with Crippen molar-refractivity contribution in [3.05, 3.63) is 11.3 Å². The monoisotopic (exact) mass is 528 g/mol. The van der Waals surface area contributed by atoms with Crippen LogP contribution in [-0.4, -0.2) is 70.3 Å². The van der Waals surface area contributed by atoms with Crippen molar-refractivity contribution in [3.8, 4) is 0 Å². The Morgan fingerprint density at radius 2 is 2.00 bits per heavy atom. The summed E-state index contributed by atoms with van der Waals surface area (Å²) in [6.45, 7) is -0.653. The lowest BCUT2D eigenvalue weighted by Gasteiger charge is -2.44. The molecule has 2 atom stereocenters. The minimum Gasteiger partial charge on any atom is -0.464 e. The number of methoxy groups -OCH3 is 1. The van der Waals surface area contributed by atoms with E-state index in [0.717, 1.165) is 12.0 Å². The molecule has 0 bridgehead atoms. The molecule has 2 amide bonds. The smallest absolute Gasteiger partial charge is 0.408 e. The molecule has 0 saturated carbocycles. The summed E-state index contributed by atoms with van der Waals surface area (Å²) in [5, 5.41) is 2.28. The highest BCUT2D eigenvalue weighted by molar-refractivity contribution is 9.09. The zero-order chi connectivity index (χ0) is 20.8. The van der Waals surface area contributed by atoms with Gasteiger partial charge in [-0.2, -0.15) is 0 Å². The first kappa shape index (κ1) is 24.1. The van der Waals surface area contributed by atoms with E-state index in [-0.39, 0.29) is 29.7 Å². The van der Waals surface area contributed by atoms with E-state index in [4.69, 9.17) is 46.4 Å². The molecule has 1 N–H and O–H groups in total. The van der Waals surface area contributed by atoms with Crippen molar-refractivity contribution < 1.29 is 33.4 Å². The van der Waals surface area contributed by atoms with Crippen molar-refractivity contribution in [3.63, 3.8) is 0 Å². The molecule has 1 rings (SSSR count). The lowest BCUT2D eigenvalue weighted by molar-refractivity contribution is -0.150. The molecule has 0 aromatic rings. The molecule has 0 aromatic carbocycles. The maximum atomic E-state index is 12.4. The number of alkyl carbamates (subject to hydrolysis) is 1. The van der Waals surface area contributed by atoms with Crippen LogP contribution in [0.3, 0.4) is 0 Å². The quantitative estimate of drug-likeness (QED) is 0.0969. The predicted molar refractivity (Wildman–Crippen MR) is 99.9 cm³/mol. The van der Waals surface area contributed by atoms with Crippen molar-refractivity contribution in [1.82, 2.24) is 10.2 Å². The summed E-state index contributed by atoms with van der Waals surface area (Å²) in [5.74, 6) is -1.60. The Kier molecular flexibility index (Phi) is 9.43. The number of carbonyl (C=O) groups is 4. The zero-order valence-electron chi connectivity index (χ0n) is 13.5. The van der Waals surface area contributed by atoms with E-state index in [2.05, 4.69) is 35.5 Å². The number of nitrogens with one attached hydrogen (secondary N) is 1. The third-order valence-corrected chi connectivity index (χ3v) is 4.56. The molecule has 1 fully saturated rings. The van der Waals surface area contributed by atoms with Crippen molar-refractivity contribution in [2.75, 3.05) is 25.7 Å². The second-order valence-corrected chi connectivity index (χ2v) is 8.40. The Balaban J connectivity index is 2.92. The number of halogens is 5. The lowest BCUT2D eigenvalue weighted by atomic mass is 10.0. The van der Waals surface area contributed by atoms with Gasteiger partial charge < -0.3 is 19.5 Å². The van der Waals surface area contributed by atoms with Crippen molar-refractivity contribution in [1.29, 1.82) is 0 Å². The summed E-state index contributed by atoms with van der Waals surface area (Å²) in [7, 11) is 1.10.